The van der Waals surface area contributed by atoms with Crippen molar-refractivity contribution < 1.29 is 9.13 Å². The van der Waals surface area contributed by atoms with Gasteiger partial charge in [-0.25, -0.2) is 9.37 Å². The van der Waals surface area contributed by atoms with Gasteiger partial charge in [-0.2, -0.15) is 0 Å². The van der Waals surface area contributed by atoms with E-state index in [1.54, 1.807) is 19.2 Å². The van der Waals surface area contributed by atoms with Crippen LogP contribution in [0.2, 0.25) is 5.02 Å². The molecule has 3 rings (SSSR count). The Labute approximate surface area is 148 Å². The molecule has 0 atom stereocenters. The van der Waals surface area contributed by atoms with E-state index in [4.69, 9.17) is 16.3 Å². The molecule has 0 spiro atoms. The van der Waals surface area contributed by atoms with Crippen LogP contribution in [0.15, 0.2) is 53.3 Å². The summed E-state index contributed by atoms with van der Waals surface area (Å²) < 4.78 is 18.3. The zero-order chi connectivity index (χ0) is 17.8. The maximum Gasteiger partial charge on any atom is 0.252 e. The van der Waals surface area contributed by atoms with Crippen molar-refractivity contribution in [3.8, 4) is 17.0 Å². The minimum atomic E-state index is -0.402. The molecular weight excluding hydrogens is 345 g/mol. The van der Waals surface area contributed by atoms with E-state index >= 15 is 0 Å². The van der Waals surface area contributed by atoms with E-state index in [0.717, 1.165) is 5.56 Å². The molecule has 1 aromatic heterocycles. The van der Waals surface area contributed by atoms with E-state index in [-0.39, 0.29) is 5.56 Å². The van der Waals surface area contributed by atoms with Crippen LogP contribution in [-0.2, 0) is 6.54 Å². The van der Waals surface area contributed by atoms with Gasteiger partial charge in [-0.15, -0.1) is 0 Å². The van der Waals surface area contributed by atoms with Gasteiger partial charge in [0.1, 0.15) is 11.6 Å². The quantitative estimate of drug-likeness (QED) is 0.726. The first kappa shape index (κ1) is 17.0. The molecule has 0 bridgehead atoms. The highest BCUT2D eigenvalue weighted by Gasteiger charge is 2.07. The first-order chi connectivity index (χ1) is 12.0. The molecule has 0 fully saturated rings. The summed E-state index contributed by atoms with van der Waals surface area (Å²) in [7, 11) is 1.57. The minimum Gasteiger partial charge on any atom is -0.497 e. The third-order valence-corrected chi connectivity index (χ3v) is 3.92. The van der Waals surface area contributed by atoms with E-state index in [1.165, 1.54) is 18.2 Å². The maximum atomic E-state index is 13.1. The summed E-state index contributed by atoms with van der Waals surface area (Å²) in [6.07, 6.45) is 0. The Hall–Kier alpha value is -2.86. The van der Waals surface area contributed by atoms with Crippen LogP contribution in [0.1, 0.15) is 5.56 Å². The van der Waals surface area contributed by atoms with E-state index in [0.29, 0.717) is 34.5 Å². The lowest BCUT2D eigenvalue weighted by Crippen LogP contribution is -2.13. The first-order valence-electron chi connectivity index (χ1n) is 7.49. The molecule has 0 amide bonds. The monoisotopic (exact) mass is 359 g/mol. The highest BCUT2D eigenvalue weighted by molar-refractivity contribution is 6.31. The molecule has 3 aromatic rings. The average Bonchev–Trinajstić information content (AvgIpc) is 2.60. The van der Waals surface area contributed by atoms with Gasteiger partial charge in [-0.1, -0.05) is 29.8 Å². The van der Waals surface area contributed by atoms with Crippen molar-refractivity contribution in [2.75, 3.05) is 12.4 Å². The number of nitrogens with zero attached hydrogens (tertiary/aromatic N) is 1. The normalized spacial score (nSPS) is 10.5. The number of hydrogen-bond acceptors (Lipinski definition) is 4. The van der Waals surface area contributed by atoms with E-state index < -0.39 is 5.82 Å². The number of aromatic amines is 1. The van der Waals surface area contributed by atoms with Gasteiger partial charge in [0.25, 0.3) is 5.56 Å². The second kappa shape index (κ2) is 7.36. The minimum absolute atomic E-state index is 0.291. The van der Waals surface area contributed by atoms with Gasteiger partial charge in [0, 0.05) is 23.2 Å². The van der Waals surface area contributed by atoms with E-state index in [2.05, 4.69) is 15.3 Å². The molecule has 0 radical (unpaired) electrons. The Bertz CT molecular complexity index is 959. The van der Waals surface area contributed by atoms with Crippen molar-refractivity contribution in [3.05, 3.63) is 75.3 Å². The molecule has 0 aliphatic rings. The molecule has 0 unspecified atom stereocenters. The topological polar surface area (TPSA) is 67.0 Å². The predicted molar refractivity (Wildman–Crippen MR) is 95.6 cm³/mol. The zero-order valence-corrected chi connectivity index (χ0v) is 14.1. The summed E-state index contributed by atoms with van der Waals surface area (Å²) in [4.78, 5) is 18.9. The summed E-state index contributed by atoms with van der Waals surface area (Å²) in [6.45, 7) is 0.295. The molecule has 0 aliphatic heterocycles. The SMILES string of the molecule is COc1cccc(-c2cc(=O)[nH]c(NCc3ccc(F)cc3Cl)n2)c1. The maximum absolute atomic E-state index is 13.1. The third kappa shape index (κ3) is 4.16. The molecule has 7 heteroatoms. The number of benzene rings is 2. The average molecular weight is 360 g/mol. The van der Waals surface area contributed by atoms with Gasteiger partial charge >= 0.3 is 0 Å². The van der Waals surface area contributed by atoms with Crippen LogP contribution in [0.5, 0.6) is 5.75 Å². The van der Waals surface area contributed by atoms with Crippen molar-refractivity contribution >= 4 is 17.5 Å². The molecule has 2 N–H and O–H groups in total. The van der Waals surface area contributed by atoms with Crippen LogP contribution in [0, 0.1) is 5.82 Å². The number of ether oxygens (including phenoxy) is 1. The van der Waals surface area contributed by atoms with Gasteiger partial charge in [-0.3, -0.25) is 9.78 Å². The number of hydrogen-bond donors (Lipinski definition) is 2. The van der Waals surface area contributed by atoms with Gasteiger partial charge in [0.2, 0.25) is 5.95 Å². The molecule has 0 aliphatic carbocycles. The Morgan fingerprint density at radius 1 is 1.24 bits per heavy atom. The van der Waals surface area contributed by atoms with Crippen molar-refractivity contribution in [1.82, 2.24) is 9.97 Å². The zero-order valence-electron chi connectivity index (χ0n) is 13.3. The van der Waals surface area contributed by atoms with Crippen LogP contribution in [0.4, 0.5) is 10.3 Å². The van der Waals surface area contributed by atoms with Crippen molar-refractivity contribution in [2.24, 2.45) is 0 Å². The van der Waals surface area contributed by atoms with Gasteiger partial charge < -0.3 is 10.1 Å². The third-order valence-electron chi connectivity index (χ3n) is 3.57. The van der Waals surface area contributed by atoms with Crippen LogP contribution >= 0.6 is 11.6 Å². The fraction of sp³-hybridized carbons (Fsp3) is 0.111. The Balaban J connectivity index is 1.85. The molecule has 1 heterocycles. The van der Waals surface area contributed by atoms with Crippen LogP contribution in [-0.4, -0.2) is 17.1 Å². The lowest BCUT2D eigenvalue weighted by atomic mass is 10.1. The largest absolute Gasteiger partial charge is 0.497 e. The summed E-state index contributed by atoms with van der Waals surface area (Å²) in [5.74, 6) is 0.568. The lowest BCUT2D eigenvalue weighted by Gasteiger charge is -2.09. The van der Waals surface area contributed by atoms with Crippen molar-refractivity contribution in [3.63, 3.8) is 0 Å². The molecule has 128 valence electrons. The summed E-state index contributed by atoms with van der Waals surface area (Å²) >= 11 is 6.00. The highest BCUT2D eigenvalue weighted by Crippen LogP contribution is 2.22. The molecular formula is C18H15ClFN3O2. The van der Waals surface area contributed by atoms with Gasteiger partial charge in [0.15, 0.2) is 0 Å². The van der Waals surface area contributed by atoms with Crippen molar-refractivity contribution in [1.29, 1.82) is 0 Å². The molecule has 0 saturated heterocycles. The second-order valence-corrected chi connectivity index (χ2v) is 5.71. The standard InChI is InChI=1S/C18H15ClFN3O2/c1-25-14-4-2-3-11(7-14)16-9-17(24)23-18(22-16)21-10-12-5-6-13(20)8-15(12)19/h2-9H,10H2,1H3,(H2,21,22,23,24). The van der Waals surface area contributed by atoms with Crippen molar-refractivity contribution in [2.45, 2.75) is 6.54 Å². The lowest BCUT2D eigenvalue weighted by molar-refractivity contribution is 0.415. The van der Waals surface area contributed by atoms with Crippen LogP contribution in [0.3, 0.4) is 0 Å². The number of halogens is 2. The number of methoxy groups -OCH3 is 1. The fourth-order valence-electron chi connectivity index (χ4n) is 2.32. The smallest absolute Gasteiger partial charge is 0.252 e. The Kier molecular flexibility index (Phi) is 5.00. The van der Waals surface area contributed by atoms with E-state index in [9.17, 15) is 9.18 Å². The first-order valence-corrected chi connectivity index (χ1v) is 7.86. The van der Waals surface area contributed by atoms with Crippen LogP contribution < -0.4 is 15.6 Å². The van der Waals surface area contributed by atoms with E-state index in [1.807, 2.05) is 18.2 Å². The molecule has 5 nitrogen and oxygen atoms in total. The Morgan fingerprint density at radius 3 is 2.84 bits per heavy atom. The number of rotatable bonds is 5. The number of H-pyrrole nitrogens is 1. The second-order valence-electron chi connectivity index (χ2n) is 5.30. The van der Waals surface area contributed by atoms with Gasteiger partial charge in [0.05, 0.1) is 12.8 Å². The number of anilines is 1. The predicted octanol–water partition coefficient (Wildman–Crippen LogP) is 3.85. The summed E-state index contributed by atoms with van der Waals surface area (Å²) in [5, 5.41) is 3.30. The number of aromatic nitrogens is 2. The summed E-state index contributed by atoms with van der Waals surface area (Å²) in [5.41, 5.74) is 1.67. The summed E-state index contributed by atoms with van der Waals surface area (Å²) in [6, 6.07) is 12.8. The fourth-order valence-corrected chi connectivity index (χ4v) is 2.55. The number of nitrogens with one attached hydrogen (secondary N) is 2. The van der Waals surface area contributed by atoms with Crippen LogP contribution in [0.25, 0.3) is 11.3 Å². The molecule has 0 saturated carbocycles. The molecule has 2 aromatic carbocycles. The Morgan fingerprint density at radius 2 is 2.08 bits per heavy atom. The molecule has 25 heavy (non-hydrogen) atoms. The van der Waals surface area contributed by atoms with Gasteiger partial charge in [-0.05, 0) is 29.8 Å². The highest BCUT2D eigenvalue weighted by atomic mass is 35.5.